The van der Waals surface area contributed by atoms with Crippen LogP contribution in [0.5, 0.6) is 0 Å². The summed E-state index contributed by atoms with van der Waals surface area (Å²) in [6, 6.07) is 11.3. The van der Waals surface area contributed by atoms with Gasteiger partial charge >= 0.3 is 0 Å². The van der Waals surface area contributed by atoms with Crippen LogP contribution in [0.1, 0.15) is 48.9 Å². The van der Waals surface area contributed by atoms with Crippen molar-refractivity contribution in [2.75, 3.05) is 44.2 Å². The third-order valence-corrected chi connectivity index (χ3v) is 7.80. The topological polar surface area (TPSA) is 43.9 Å². The number of piperazine rings is 1. The molecule has 2 atom stereocenters. The Bertz CT molecular complexity index is 1130. The molecule has 2 saturated heterocycles. The fourth-order valence-electron chi connectivity index (χ4n) is 5.89. The molecule has 2 aromatic rings. The van der Waals surface area contributed by atoms with Gasteiger partial charge in [0.1, 0.15) is 5.82 Å². The van der Waals surface area contributed by atoms with Gasteiger partial charge in [-0.1, -0.05) is 37.3 Å². The van der Waals surface area contributed by atoms with Crippen LogP contribution in [-0.2, 0) is 16.0 Å². The lowest BCUT2D eigenvalue weighted by Gasteiger charge is -2.38. The van der Waals surface area contributed by atoms with Gasteiger partial charge in [-0.15, -0.1) is 0 Å². The van der Waals surface area contributed by atoms with Crippen LogP contribution < -0.4 is 4.90 Å². The number of anilines is 1. The van der Waals surface area contributed by atoms with E-state index in [1.54, 1.807) is 13.0 Å². The Morgan fingerprint density at radius 1 is 1.08 bits per heavy atom. The quantitative estimate of drug-likeness (QED) is 0.517. The van der Waals surface area contributed by atoms with E-state index in [0.29, 0.717) is 13.0 Å². The Balaban J connectivity index is 1.39. The molecule has 2 fully saturated rings. The molecule has 0 radical (unpaired) electrons. The highest BCUT2D eigenvalue weighted by Gasteiger charge is 2.34. The Labute approximate surface area is 220 Å². The summed E-state index contributed by atoms with van der Waals surface area (Å²) in [5, 5.41) is 0. The second kappa shape index (κ2) is 12.0. The summed E-state index contributed by atoms with van der Waals surface area (Å²) >= 11 is 0. The number of piperidine rings is 1. The smallest absolute Gasteiger partial charge is 0.229 e. The Morgan fingerprint density at radius 3 is 2.41 bits per heavy atom. The largest absolute Gasteiger partial charge is 0.340 e. The van der Waals surface area contributed by atoms with Crippen molar-refractivity contribution in [3.63, 3.8) is 0 Å². The SMILES string of the molecule is CC(=O)N1CCN(CC/C=C/c2cc(C)c(N3C[C@@H](Cc4ccccc4F)C[C@@H](C)C3=O)c(C)c2)CC1. The summed E-state index contributed by atoms with van der Waals surface area (Å²) in [4.78, 5) is 31.0. The van der Waals surface area contributed by atoms with Gasteiger partial charge in [-0.25, -0.2) is 4.39 Å². The fourth-order valence-corrected chi connectivity index (χ4v) is 5.89. The first-order valence-corrected chi connectivity index (χ1v) is 13.5. The van der Waals surface area contributed by atoms with Gasteiger partial charge in [0.15, 0.2) is 0 Å². The maximum Gasteiger partial charge on any atom is 0.229 e. The molecule has 2 heterocycles. The molecule has 0 spiro atoms. The first-order valence-electron chi connectivity index (χ1n) is 13.5. The summed E-state index contributed by atoms with van der Waals surface area (Å²) in [5.74, 6) is 0.293. The number of halogens is 1. The molecule has 4 rings (SSSR count). The van der Waals surface area contributed by atoms with Crippen molar-refractivity contribution in [3.8, 4) is 0 Å². The Morgan fingerprint density at radius 2 is 1.76 bits per heavy atom. The highest BCUT2D eigenvalue weighted by molar-refractivity contribution is 5.97. The Hall–Kier alpha value is -2.99. The summed E-state index contributed by atoms with van der Waals surface area (Å²) in [6.07, 6.45) is 6.76. The molecule has 2 aliphatic heterocycles. The number of aryl methyl sites for hydroxylation is 2. The first-order chi connectivity index (χ1) is 17.7. The van der Waals surface area contributed by atoms with Gasteiger partial charge < -0.3 is 9.80 Å². The van der Waals surface area contributed by atoms with Crippen LogP contribution in [0.3, 0.4) is 0 Å². The molecule has 0 saturated carbocycles. The molecule has 5 nitrogen and oxygen atoms in total. The molecule has 0 aliphatic carbocycles. The van der Waals surface area contributed by atoms with Crippen LogP contribution >= 0.6 is 0 Å². The van der Waals surface area contributed by atoms with E-state index < -0.39 is 0 Å². The van der Waals surface area contributed by atoms with E-state index >= 15 is 0 Å². The van der Waals surface area contributed by atoms with E-state index in [1.807, 2.05) is 28.9 Å². The van der Waals surface area contributed by atoms with Crippen LogP contribution in [0, 0.1) is 31.5 Å². The van der Waals surface area contributed by atoms with Crippen LogP contribution in [0.25, 0.3) is 6.08 Å². The normalized spacial score (nSPS) is 21.2. The summed E-state index contributed by atoms with van der Waals surface area (Å²) in [5.41, 5.74) is 5.04. The van der Waals surface area contributed by atoms with Gasteiger partial charge in [-0.05, 0) is 79.5 Å². The number of hydrogen-bond donors (Lipinski definition) is 0. The number of amides is 2. The number of carbonyl (C=O) groups excluding carboxylic acids is 2. The van der Waals surface area contributed by atoms with Crippen molar-refractivity contribution in [3.05, 3.63) is 70.5 Å². The molecule has 0 aromatic heterocycles. The first kappa shape index (κ1) is 27.1. The molecule has 0 bridgehead atoms. The third kappa shape index (κ3) is 6.67. The van der Waals surface area contributed by atoms with Crippen molar-refractivity contribution in [1.82, 2.24) is 9.80 Å². The van der Waals surface area contributed by atoms with Crippen LogP contribution in [-0.4, -0.2) is 60.9 Å². The van der Waals surface area contributed by atoms with E-state index in [2.05, 4.69) is 43.0 Å². The van der Waals surface area contributed by atoms with Crippen LogP contribution in [0.2, 0.25) is 0 Å². The van der Waals surface area contributed by atoms with E-state index in [0.717, 1.165) is 73.5 Å². The lowest BCUT2D eigenvalue weighted by atomic mass is 9.84. The van der Waals surface area contributed by atoms with Crippen molar-refractivity contribution in [1.29, 1.82) is 0 Å². The van der Waals surface area contributed by atoms with E-state index in [1.165, 1.54) is 6.07 Å². The molecule has 198 valence electrons. The summed E-state index contributed by atoms with van der Waals surface area (Å²) in [6.45, 7) is 12.9. The van der Waals surface area contributed by atoms with Crippen molar-refractivity contribution >= 4 is 23.6 Å². The molecular formula is C31H40FN3O2. The standard InChI is InChI=1S/C31H40FN3O2/c1-22-17-26(9-7-8-12-33-13-15-34(16-14-33)25(4)36)18-23(2)30(22)35-21-27(19-24(3)31(35)37)20-28-10-5-6-11-29(28)32/h5-7,9-11,17-18,24,27H,8,12-16,19-21H2,1-4H3/b9-7+/t24-,27-/m1/s1. The van der Waals surface area contributed by atoms with E-state index in [-0.39, 0.29) is 29.5 Å². The number of nitrogens with zero attached hydrogens (tertiary/aromatic N) is 3. The van der Waals surface area contributed by atoms with Gasteiger partial charge in [0.2, 0.25) is 11.8 Å². The number of rotatable bonds is 7. The minimum Gasteiger partial charge on any atom is -0.340 e. The highest BCUT2D eigenvalue weighted by Crippen LogP contribution is 2.34. The molecule has 0 N–H and O–H groups in total. The maximum absolute atomic E-state index is 14.3. The van der Waals surface area contributed by atoms with Gasteiger partial charge in [-0.3, -0.25) is 14.5 Å². The average molecular weight is 506 g/mol. The summed E-state index contributed by atoms with van der Waals surface area (Å²) < 4.78 is 14.3. The van der Waals surface area contributed by atoms with Crippen molar-refractivity contribution in [2.45, 2.75) is 47.0 Å². The van der Waals surface area contributed by atoms with E-state index in [4.69, 9.17) is 0 Å². The van der Waals surface area contributed by atoms with Crippen molar-refractivity contribution in [2.24, 2.45) is 11.8 Å². The zero-order valence-electron chi connectivity index (χ0n) is 22.7. The van der Waals surface area contributed by atoms with Gasteiger partial charge in [0.05, 0.1) is 0 Å². The molecule has 6 heteroatoms. The molecule has 2 amide bonds. The third-order valence-electron chi connectivity index (χ3n) is 7.80. The van der Waals surface area contributed by atoms with Crippen LogP contribution in [0.4, 0.5) is 10.1 Å². The molecule has 2 aliphatic rings. The van der Waals surface area contributed by atoms with Gasteiger partial charge in [-0.2, -0.15) is 0 Å². The van der Waals surface area contributed by atoms with Gasteiger partial charge in [0.25, 0.3) is 0 Å². The fraction of sp³-hybridized carbons (Fsp3) is 0.484. The predicted octanol–water partition coefficient (Wildman–Crippen LogP) is 5.24. The second-order valence-electron chi connectivity index (χ2n) is 10.8. The summed E-state index contributed by atoms with van der Waals surface area (Å²) in [7, 11) is 0. The van der Waals surface area contributed by atoms with Gasteiger partial charge in [0, 0.05) is 57.8 Å². The minimum absolute atomic E-state index is 0.0822. The lowest BCUT2D eigenvalue weighted by molar-refractivity contribution is -0.130. The molecule has 2 aromatic carbocycles. The number of hydrogen-bond acceptors (Lipinski definition) is 3. The zero-order valence-corrected chi connectivity index (χ0v) is 22.7. The minimum atomic E-state index is -0.166. The van der Waals surface area contributed by atoms with Crippen LogP contribution in [0.15, 0.2) is 42.5 Å². The average Bonchev–Trinajstić information content (AvgIpc) is 2.86. The van der Waals surface area contributed by atoms with Crippen molar-refractivity contribution < 1.29 is 14.0 Å². The maximum atomic E-state index is 14.3. The Kier molecular flexibility index (Phi) is 8.80. The predicted molar refractivity (Wildman–Crippen MR) is 148 cm³/mol. The zero-order chi connectivity index (χ0) is 26.5. The molecular weight excluding hydrogens is 465 g/mol. The lowest BCUT2D eigenvalue weighted by Crippen LogP contribution is -2.48. The number of benzene rings is 2. The molecule has 37 heavy (non-hydrogen) atoms. The second-order valence-corrected chi connectivity index (χ2v) is 10.8. The number of carbonyl (C=O) groups is 2. The van der Waals surface area contributed by atoms with E-state index in [9.17, 15) is 14.0 Å². The molecule has 0 unspecified atom stereocenters. The highest BCUT2D eigenvalue weighted by atomic mass is 19.1. The monoisotopic (exact) mass is 505 g/mol.